The van der Waals surface area contributed by atoms with Crippen molar-refractivity contribution in [2.24, 2.45) is 11.8 Å². The first-order valence-electron chi connectivity index (χ1n) is 9.00. The van der Waals surface area contributed by atoms with Crippen LogP contribution in [0.25, 0.3) is 22.4 Å². The van der Waals surface area contributed by atoms with Gasteiger partial charge >= 0.3 is 0 Å². The molecule has 27 heavy (non-hydrogen) atoms. The monoisotopic (exact) mass is 444 g/mol. The van der Waals surface area contributed by atoms with E-state index >= 15 is 0 Å². The number of hydrogen-bond donors (Lipinski definition) is 0. The maximum Gasteiger partial charge on any atom is 0.234 e. The fraction of sp³-hybridized carbons (Fsp3) is 0.421. The van der Waals surface area contributed by atoms with E-state index in [0.29, 0.717) is 27.0 Å². The maximum atomic E-state index is 9.32. The van der Waals surface area contributed by atoms with Gasteiger partial charge in [-0.3, -0.25) is 4.98 Å². The largest absolute Gasteiger partial charge is 0.315 e. The van der Waals surface area contributed by atoms with E-state index < -0.39 is 0 Å². The molecule has 0 amide bonds. The summed E-state index contributed by atoms with van der Waals surface area (Å²) in [6, 6.07) is 3.82. The average Bonchev–Trinajstić information content (AvgIpc) is 2.98. The molecule has 138 valence electrons. The van der Waals surface area contributed by atoms with Crippen LogP contribution in [0, 0.1) is 23.2 Å². The minimum absolute atomic E-state index is 0.0844. The molecule has 0 bridgehead atoms. The molecule has 6 nitrogen and oxygen atoms in total. The fourth-order valence-electron chi connectivity index (χ4n) is 3.74. The highest BCUT2D eigenvalue weighted by atomic mass is 79.9. The fourth-order valence-corrected chi connectivity index (χ4v) is 4.40. The van der Waals surface area contributed by atoms with Crippen LogP contribution in [0.1, 0.15) is 38.4 Å². The lowest BCUT2D eigenvalue weighted by molar-refractivity contribution is 0.265. The number of aromatic nitrogens is 5. The normalized spacial score (nSPS) is 19.9. The second-order valence-corrected chi connectivity index (χ2v) is 8.33. The van der Waals surface area contributed by atoms with Crippen molar-refractivity contribution >= 4 is 38.7 Å². The Morgan fingerprint density at radius 2 is 2.00 bits per heavy atom. The molecule has 0 unspecified atom stereocenters. The molecular formula is C19H18BrClN6. The molecular weight excluding hydrogens is 428 g/mol. The summed E-state index contributed by atoms with van der Waals surface area (Å²) in [4.78, 5) is 17.5. The Hall–Kier alpha value is -2.04. The number of hydrogen-bond acceptors (Lipinski definition) is 5. The standard InChI is InChI=1S/C19H18BrClN6/c1-11-2-4-12(5-3-11)10-27-17-16(13-6-14(21)9-23-8-13)24-15(7-22)25-18(17)26-19(27)20/h6,8-9,11-12H,2-5,10H2,1H3/t11-,12-. The van der Waals surface area contributed by atoms with Gasteiger partial charge < -0.3 is 4.57 Å². The van der Waals surface area contributed by atoms with E-state index in [9.17, 15) is 5.26 Å². The van der Waals surface area contributed by atoms with Gasteiger partial charge in [-0.15, -0.1) is 0 Å². The SMILES string of the molecule is C[C@H]1CC[C@H](Cn2c(Br)nc3nc(C#N)nc(-c4cncc(Cl)c4)c32)CC1. The van der Waals surface area contributed by atoms with Gasteiger partial charge in [0, 0.05) is 24.5 Å². The van der Waals surface area contributed by atoms with E-state index in [0.717, 1.165) is 23.5 Å². The summed E-state index contributed by atoms with van der Waals surface area (Å²) >= 11 is 9.71. The van der Waals surface area contributed by atoms with E-state index in [1.54, 1.807) is 18.5 Å². The van der Waals surface area contributed by atoms with Gasteiger partial charge in [-0.25, -0.2) is 9.97 Å². The second-order valence-electron chi connectivity index (χ2n) is 7.19. The number of nitrogens with zero attached hydrogens (tertiary/aromatic N) is 6. The highest BCUT2D eigenvalue weighted by molar-refractivity contribution is 9.10. The van der Waals surface area contributed by atoms with E-state index in [1.807, 2.05) is 6.07 Å². The van der Waals surface area contributed by atoms with Gasteiger partial charge in [0.25, 0.3) is 0 Å². The molecule has 0 radical (unpaired) electrons. The molecule has 3 heterocycles. The molecule has 1 aliphatic rings. The Balaban J connectivity index is 1.85. The number of nitriles is 1. The predicted molar refractivity (Wildman–Crippen MR) is 107 cm³/mol. The molecule has 0 N–H and O–H groups in total. The van der Waals surface area contributed by atoms with Crippen LogP contribution < -0.4 is 0 Å². The van der Waals surface area contributed by atoms with Crippen LogP contribution in [0.5, 0.6) is 0 Å². The van der Waals surface area contributed by atoms with Gasteiger partial charge in [-0.1, -0.05) is 31.4 Å². The highest BCUT2D eigenvalue weighted by Gasteiger charge is 2.23. The number of halogens is 2. The summed E-state index contributed by atoms with van der Waals surface area (Å²) in [6.45, 7) is 3.17. The van der Waals surface area contributed by atoms with Crippen molar-refractivity contribution in [3.05, 3.63) is 34.0 Å². The molecule has 1 saturated carbocycles. The van der Waals surface area contributed by atoms with Gasteiger partial charge in [0.2, 0.25) is 5.82 Å². The molecule has 4 rings (SSSR count). The van der Waals surface area contributed by atoms with Crippen LogP contribution in [0.2, 0.25) is 5.02 Å². The van der Waals surface area contributed by atoms with Crippen molar-refractivity contribution in [3.8, 4) is 17.3 Å². The van der Waals surface area contributed by atoms with Gasteiger partial charge in [0.15, 0.2) is 10.4 Å². The van der Waals surface area contributed by atoms with Crippen LogP contribution in [0.4, 0.5) is 0 Å². The van der Waals surface area contributed by atoms with E-state index in [-0.39, 0.29) is 5.82 Å². The molecule has 0 spiro atoms. The van der Waals surface area contributed by atoms with Crippen LogP contribution in [0.3, 0.4) is 0 Å². The molecule has 0 aromatic carbocycles. The molecule has 8 heteroatoms. The zero-order chi connectivity index (χ0) is 19.0. The van der Waals surface area contributed by atoms with Crippen LogP contribution in [-0.4, -0.2) is 24.5 Å². The lowest BCUT2D eigenvalue weighted by atomic mass is 9.83. The third kappa shape index (κ3) is 3.69. The van der Waals surface area contributed by atoms with Gasteiger partial charge in [-0.05, 0) is 46.7 Å². The zero-order valence-corrected chi connectivity index (χ0v) is 17.2. The molecule has 0 saturated heterocycles. The molecule has 3 aromatic heterocycles. The Labute approximate surface area is 170 Å². The summed E-state index contributed by atoms with van der Waals surface area (Å²) in [7, 11) is 0. The van der Waals surface area contributed by atoms with Crippen molar-refractivity contribution in [2.45, 2.75) is 39.2 Å². The summed E-state index contributed by atoms with van der Waals surface area (Å²) in [5.41, 5.74) is 2.70. The first kappa shape index (κ1) is 18.3. The van der Waals surface area contributed by atoms with Crippen molar-refractivity contribution in [1.82, 2.24) is 24.5 Å². The molecule has 0 aliphatic heterocycles. The summed E-state index contributed by atoms with van der Waals surface area (Å²) in [5, 5.41) is 9.84. The molecule has 3 aromatic rings. The third-order valence-electron chi connectivity index (χ3n) is 5.21. The minimum Gasteiger partial charge on any atom is -0.315 e. The van der Waals surface area contributed by atoms with Gasteiger partial charge in [-0.2, -0.15) is 10.2 Å². The second kappa shape index (κ2) is 7.53. The first-order chi connectivity index (χ1) is 13.0. The quantitative estimate of drug-likeness (QED) is 0.530. The van der Waals surface area contributed by atoms with E-state index in [2.05, 4.69) is 47.4 Å². The highest BCUT2D eigenvalue weighted by Crippen LogP contribution is 2.34. The van der Waals surface area contributed by atoms with Crippen LogP contribution >= 0.6 is 27.5 Å². The molecule has 1 fully saturated rings. The topological polar surface area (TPSA) is 80.3 Å². The molecule has 0 atom stereocenters. The zero-order valence-electron chi connectivity index (χ0n) is 14.9. The van der Waals surface area contributed by atoms with Crippen molar-refractivity contribution < 1.29 is 0 Å². The minimum atomic E-state index is 0.0844. The smallest absolute Gasteiger partial charge is 0.234 e. The van der Waals surface area contributed by atoms with Crippen LogP contribution in [0.15, 0.2) is 23.2 Å². The lowest BCUT2D eigenvalue weighted by Gasteiger charge is -2.26. The maximum absolute atomic E-state index is 9.32. The molecule has 1 aliphatic carbocycles. The third-order valence-corrected chi connectivity index (χ3v) is 6.02. The van der Waals surface area contributed by atoms with Gasteiger partial charge in [0.05, 0.1) is 5.02 Å². The lowest BCUT2D eigenvalue weighted by Crippen LogP contribution is -2.18. The van der Waals surface area contributed by atoms with Crippen LogP contribution in [-0.2, 0) is 6.54 Å². The number of fused-ring (bicyclic) bond motifs is 1. The Morgan fingerprint density at radius 3 is 2.70 bits per heavy atom. The number of imidazole rings is 1. The van der Waals surface area contributed by atoms with Crippen molar-refractivity contribution in [3.63, 3.8) is 0 Å². The number of rotatable bonds is 3. The summed E-state index contributed by atoms with van der Waals surface area (Å²) < 4.78 is 2.82. The van der Waals surface area contributed by atoms with Crippen molar-refractivity contribution in [2.75, 3.05) is 0 Å². The first-order valence-corrected chi connectivity index (χ1v) is 10.2. The summed E-state index contributed by atoms with van der Waals surface area (Å²) in [6.07, 6.45) is 8.20. The Bertz CT molecular complexity index is 1030. The average molecular weight is 446 g/mol. The van der Waals surface area contributed by atoms with Crippen molar-refractivity contribution in [1.29, 1.82) is 5.26 Å². The summed E-state index contributed by atoms with van der Waals surface area (Å²) in [5.74, 6) is 1.48. The number of pyridine rings is 1. The van der Waals surface area contributed by atoms with Gasteiger partial charge in [0.1, 0.15) is 17.3 Å². The predicted octanol–water partition coefficient (Wildman–Crippen LogP) is 5.00. The van der Waals surface area contributed by atoms with E-state index in [4.69, 9.17) is 11.6 Å². The van der Waals surface area contributed by atoms with E-state index in [1.165, 1.54) is 25.7 Å². The Morgan fingerprint density at radius 1 is 1.22 bits per heavy atom. The Kier molecular flexibility index (Phi) is 5.11.